The summed E-state index contributed by atoms with van der Waals surface area (Å²) in [6.45, 7) is 4.21. The summed E-state index contributed by atoms with van der Waals surface area (Å²) in [6, 6.07) is 1.75. The summed E-state index contributed by atoms with van der Waals surface area (Å²) in [6.07, 6.45) is 2.51. The van der Waals surface area contributed by atoms with E-state index in [9.17, 15) is 4.79 Å². The maximum Gasteiger partial charge on any atom is 0.202 e. The molecule has 3 heteroatoms. The van der Waals surface area contributed by atoms with Gasteiger partial charge in [-0.05, 0) is 33.8 Å². The first-order valence-electron chi connectivity index (χ1n) is 4.29. The molecule has 1 atom stereocenters. The van der Waals surface area contributed by atoms with Crippen molar-refractivity contribution in [2.24, 2.45) is 11.3 Å². The fraction of sp³-hybridized carbons (Fsp3) is 0.500. The molecule has 0 amide bonds. The Hall–Kier alpha value is -0.570. The monoisotopic (exact) mass is 242 g/mol. The van der Waals surface area contributed by atoms with Gasteiger partial charge in [0.2, 0.25) is 5.78 Å². The lowest BCUT2D eigenvalue weighted by Gasteiger charge is -1.99. The molecule has 0 aliphatic heterocycles. The van der Waals surface area contributed by atoms with E-state index < -0.39 is 0 Å². The first-order valence-corrected chi connectivity index (χ1v) is 5.09. The Morgan fingerprint density at radius 3 is 2.69 bits per heavy atom. The van der Waals surface area contributed by atoms with Crippen molar-refractivity contribution in [1.29, 1.82) is 0 Å². The van der Waals surface area contributed by atoms with Crippen molar-refractivity contribution in [2.75, 3.05) is 0 Å². The second-order valence-corrected chi connectivity index (χ2v) is 5.06. The van der Waals surface area contributed by atoms with Crippen LogP contribution in [0.1, 0.15) is 30.8 Å². The predicted molar refractivity (Wildman–Crippen MR) is 52.6 cm³/mol. The third-order valence-corrected chi connectivity index (χ3v) is 3.30. The minimum absolute atomic E-state index is 0.127. The molecule has 0 radical (unpaired) electrons. The maximum atomic E-state index is 11.8. The lowest BCUT2D eigenvalue weighted by molar-refractivity contribution is 0.0924. The van der Waals surface area contributed by atoms with Crippen LogP contribution in [0.25, 0.3) is 0 Å². The maximum absolute atomic E-state index is 11.8. The minimum atomic E-state index is 0.127. The number of rotatable bonds is 2. The van der Waals surface area contributed by atoms with Gasteiger partial charge in [0.25, 0.3) is 0 Å². The molecular formula is C10H11BrO2. The summed E-state index contributed by atoms with van der Waals surface area (Å²) in [5, 5.41) is 0. The van der Waals surface area contributed by atoms with Crippen LogP contribution in [0.3, 0.4) is 0 Å². The van der Waals surface area contributed by atoms with E-state index in [1.807, 2.05) is 0 Å². The molecule has 0 bridgehead atoms. The van der Waals surface area contributed by atoms with Crippen molar-refractivity contribution in [3.8, 4) is 0 Å². The Bertz CT molecular complexity index is 352. The van der Waals surface area contributed by atoms with Gasteiger partial charge in [-0.2, -0.15) is 0 Å². The van der Waals surface area contributed by atoms with E-state index in [1.54, 1.807) is 6.07 Å². The highest BCUT2D eigenvalue weighted by Gasteiger charge is 2.51. The molecule has 0 N–H and O–H groups in total. The van der Waals surface area contributed by atoms with Gasteiger partial charge in [0.1, 0.15) is 0 Å². The normalized spacial score (nSPS) is 24.4. The summed E-state index contributed by atoms with van der Waals surface area (Å²) in [5.41, 5.74) is 0.170. The third-order valence-electron chi connectivity index (χ3n) is 2.67. The molecule has 1 heterocycles. The van der Waals surface area contributed by atoms with Crippen LogP contribution in [-0.2, 0) is 0 Å². The number of halogens is 1. The molecule has 1 fully saturated rings. The van der Waals surface area contributed by atoms with Crippen LogP contribution in [0.5, 0.6) is 0 Å². The summed E-state index contributed by atoms with van der Waals surface area (Å²) in [5.74, 6) is 0.743. The second kappa shape index (κ2) is 2.71. The minimum Gasteiger partial charge on any atom is -0.460 e. The van der Waals surface area contributed by atoms with Gasteiger partial charge in [-0.1, -0.05) is 13.8 Å². The van der Waals surface area contributed by atoms with Gasteiger partial charge < -0.3 is 4.42 Å². The summed E-state index contributed by atoms with van der Waals surface area (Å²) >= 11 is 3.29. The Balaban J connectivity index is 2.21. The van der Waals surface area contributed by atoms with Crippen molar-refractivity contribution in [2.45, 2.75) is 20.3 Å². The second-order valence-electron chi connectivity index (χ2n) is 4.21. The Labute approximate surface area is 85.4 Å². The molecule has 1 aliphatic rings. The summed E-state index contributed by atoms with van der Waals surface area (Å²) in [7, 11) is 0. The van der Waals surface area contributed by atoms with Gasteiger partial charge in [-0.25, -0.2) is 0 Å². The summed E-state index contributed by atoms with van der Waals surface area (Å²) in [4.78, 5) is 11.8. The van der Waals surface area contributed by atoms with Crippen molar-refractivity contribution >= 4 is 21.7 Å². The molecule has 0 saturated heterocycles. The standard InChI is InChI=1S/C10H11BrO2/c1-10(2)5-6(10)8(12)9-7(11)3-4-13-9/h3-4,6H,5H2,1-2H3. The van der Waals surface area contributed by atoms with Crippen molar-refractivity contribution < 1.29 is 9.21 Å². The van der Waals surface area contributed by atoms with E-state index in [-0.39, 0.29) is 17.1 Å². The smallest absolute Gasteiger partial charge is 0.202 e. The van der Waals surface area contributed by atoms with Crippen LogP contribution in [0.15, 0.2) is 21.2 Å². The van der Waals surface area contributed by atoms with E-state index in [1.165, 1.54) is 6.26 Å². The van der Waals surface area contributed by atoms with Gasteiger partial charge in [0.15, 0.2) is 5.76 Å². The first kappa shape index (κ1) is 9.00. The van der Waals surface area contributed by atoms with Crippen LogP contribution in [-0.4, -0.2) is 5.78 Å². The molecule has 1 aromatic rings. The Morgan fingerprint density at radius 1 is 1.69 bits per heavy atom. The molecule has 2 rings (SSSR count). The van der Waals surface area contributed by atoms with Gasteiger partial charge in [0.05, 0.1) is 10.7 Å². The Morgan fingerprint density at radius 2 is 2.31 bits per heavy atom. The fourth-order valence-electron chi connectivity index (χ4n) is 1.54. The van der Waals surface area contributed by atoms with Crippen LogP contribution >= 0.6 is 15.9 Å². The number of furan rings is 1. The Kier molecular flexibility index (Phi) is 1.88. The quantitative estimate of drug-likeness (QED) is 0.746. The van der Waals surface area contributed by atoms with Gasteiger partial charge >= 0.3 is 0 Å². The summed E-state index contributed by atoms with van der Waals surface area (Å²) < 4.78 is 5.89. The van der Waals surface area contributed by atoms with Gasteiger partial charge in [-0.3, -0.25) is 4.79 Å². The molecule has 70 valence electrons. The van der Waals surface area contributed by atoms with Crippen molar-refractivity contribution in [1.82, 2.24) is 0 Å². The predicted octanol–water partition coefficient (Wildman–Crippen LogP) is 3.27. The van der Waals surface area contributed by atoms with Crippen LogP contribution in [0, 0.1) is 11.3 Å². The zero-order valence-corrected chi connectivity index (χ0v) is 9.22. The number of carbonyl (C=O) groups is 1. The van der Waals surface area contributed by atoms with Gasteiger partial charge in [-0.15, -0.1) is 0 Å². The third kappa shape index (κ3) is 1.46. The molecule has 1 aromatic heterocycles. The lowest BCUT2D eigenvalue weighted by Crippen LogP contribution is -2.05. The van der Waals surface area contributed by atoms with Gasteiger partial charge in [0, 0.05) is 5.92 Å². The highest BCUT2D eigenvalue weighted by atomic mass is 79.9. The van der Waals surface area contributed by atoms with E-state index >= 15 is 0 Å². The topological polar surface area (TPSA) is 30.2 Å². The average molecular weight is 243 g/mol. The number of ketones is 1. The fourth-order valence-corrected chi connectivity index (χ4v) is 1.94. The molecule has 0 spiro atoms. The number of hydrogen-bond donors (Lipinski definition) is 0. The molecule has 1 aliphatic carbocycles. The van der Waals surface area contributed by atoms with Crippen molar-refractivity contribution in [3.63, 3.8) is 0 Å². The highest BCUT2D eigenvalue weighted by molar-refractivity contribution is 9.10. The number of hydrogen-bond acceptors (Lipinski definition) is 2. The highest BCUT2D eigenvalue weighted by Crippen LogP contribution is 2.53. The molecule has 13 heavy (non-hydrogen) atoms. The largest absolute Gasteiger partial charge is 0.460 e. The zero-order chi connectivity index (χ0) is 9.64. The van der Waals surface area contributed by atoms with E-state index in [0.29, 0.717) is 5.76 Å². The van der Waals surface area contributed by atoms with E-state index in [0.717, 1.165) is 10.9 Å². The van der Waals surface area contributed by atoms with Crippen LogP contribution in [0.4, 0.5) is 0 Å². The van der Waals surface area contributed by atoms with Crippen LogP contribution < -0.4 is 0 Å². The average Bonchev–Trinajstić information content (AvgIpc) is 2.49. The molecule has 0 aromatic carbocycles. The molecule has 2 nitrogen and oxygen atoms in total. The zero-order valence-electron chi connectivity index (χ0n) is 7.63. The molecule has 1 saturated carbocycles. The lowest BCUT2D eigenvalue weighted by atomic mass is 10.1. The van der Waals surface area contributed by atoms with E-state index in [4.69, 9.17) is 4.42 Å². The van der Waals surface area contributed by atoms with Crippen LogP contribution in [0.2, 0.25) is 0 Å². The number of carbonyl (C=O) groups excluding carboxylic acids is 1. The molecular weight excluding hydrogens is 232 g/mol. The number of Topliss-reactive ketones (excluding diaryl/α,β-unsaturated/α-hetero) is 1. The first-order chi connectivity index (χ1) is 6.02. The molecule has 1 unspecified atom stereocenters. The SMILES string of the molecule is CC1(C)CC1C(=O)c1occc1Br. The van der Waals surface area contributed by atoms with E-state index in [2.05, 4.69) is 29.8 Å². The van der Waals surface area contributed by atoms with Crippen molar-refractivity contribution in [3.05, 3.63) is 22.6 Å².